The molecule has 0 spiro atoms. The van der Waals surface area contributed by atoms with Crippen LogP contribution in [0.3, 0.4) is 0 Å². The Hall–Kier alpha value is -2.09. The minimum atomic E-state index is -3.83. The van der Waals surface area contributed by atoms with E-state index in [4.69, 9.17) is 16.3 Å². The van der Waals surface area contributed by atoms with E-state index >= 15 is 0 Å². The molecule has 1 heterocycles. The first-order valence-corrected chi connectivity index (χ1v) is 10.8. The third-order valence-corrected chi connectivity index (χ3v) is 6.94. The standard InChI is InChI=1S/C20H23ClN2O4S/c1-14-5-8-17(9-6-14)22-20(24)15-4-3-11-23(13-15)28(25,26)19-12-16(21)7-10-18(19)27-2/h5-10,12,15H,3-4,11,13H2,1-2H3,(H,22,24)/t15-/m1/s1. The van der Waals surface area contributed by atoms with Crippen molar-refractivity contribution < 1.29 is 17.9 Å². The number of halogens is 1. The van der Waals surface area contributed by atoms with Gasteiger partial charge in [-0.2, -0.15) is 4.31 Å². The fourth-order valence-electron chi connectivity index (χ4n) is 3.25. The third-order valence-electron chi connectivity index (χ3n) is 4.82. The monoisotopic (exact) mass is 422 g/mol. The first-order valence-electron chi connectivity index (χ1n) is 9.02. The van der Waals surface area contributed by atoms with Gasteiger partial charge in [0, 0.05) is 23.8 Å². The highest BCUT2D eigenvalue weighted by Crippen LogP contribution is 2.32. The van der Waals surface area contributed by atoms with Crippen molar-refractivity contribution in [2.45, 2.75) is 24.7 Å². The number of hydrogen-bond acceptors (Lipinski definition) is 4. The lowest BCUT2D eigenvalue weighted by molar-refractivity contribution is -0.120. The molecule has 0 radical (unpaired) electrons. The molecule has 1 amide bonds. The summed E-state index contributed by atoms with van der Waals surface area (Å²) < 4.78 is 32.8. The lowest BCUT2D eigenvalue weighted by atomic mass is 9.98. The van der Waals surface area contributed by atoms with Gasteiger partial charge in [0.15, 0.2) is 0 Å². The number of sulfonamides is 1. The molecule has 1 aliphatic rings. The van der Waals surface area contributed by atoms with Crippen LogP contribution in [0.15, 0.2) is 47.4 Å². The lowest BCUT2D eigenvalue weighted by Gasteiger charge is -2.31. The number of methoxy groups -OCH3 is 1. The molecule has 1 aliphatic heterocycles. The predicted octanol–water partition coefficient (Wildman–Crippen LogP) is 3.70. The highest BCUT2D eigenvalue weighted by molar-refractivity contribution is 7.89. The van der Waals surface area contributed by atoms with Gasteiger partial charge in [0.1, 0.15) is 10.6 Å². The largest absolute Gasteiger partial charge is 0.495 e. The number of hydrogen-bond donors (Lipinski definition) is 1. The lowest BCUT2D eigenvalue weighted by Crippen LogP contribution is -2.43. The molecule has 1 fully saturated rings. The number of nitrogens with one attached hydrogen (secondary N) is 1. The van der Waals surface area contributed by atoms with Gasteiger partial charge in [-0.05, 0) is 50.1 Å². The average molecular weight is 423 g/mol. The van der Waals surface area contributed by atoms with Crippen LogP contribution in [-0.2, 0) is 14.8 Å². The SMILES string of the molecule is COc1ccc(Cl)cc1S(=O)(=O)N1CCC[C@@H](C(=O)Nc2ccc(C)cc2)C1. The molecule has 6 nitrogen and oxygen atoms in total. The van der Waals surface area contributed by atoms with E-state index in [1.807, 2.05) is 31.2 Å². The molecule has 28 heavy (non-hydrogen) atoms. The van der Waals surface area contributed by atoms with Gasteiger partial charge in [0.2, 0.25) is 15.9 Å². The molecule has 8 heteroatoms. The van der Waals surface area contributed by atoms with Crippen LogP contribution in [0.4, 0.5) is 5.69 Å². The maximum Gasteiger partial charge on any atom is 0.246 e. The van der Waals surface area contributed by atoms with Crippen molar-refractivity contribution in [3.8, 4) is 5.75 Å². The van der Waals surface area contributed by atoms with Crippen molar-refractivity contribution in [2.75, 3.05) is 25.5 Å². The van der Waals surface area contributed by atoms with E-state index in [1.165, 1.54) is 23.5 Å². The number of ether oxygens (including phenoxy) is 1. The molecule has 1 N–H and O–H groups in total. The summed E-state index contributed by atoms with van der Waals surface area (Å²) in [4.78, 5) is 12.7. The number of aryl methyl sites for hydroxylation is 1. The van der Waals surface area contributed by atoms with Crippen LogP contribution in [0.5, 0.6) is 5.75 Å². The second-order valence-electron chi connectivity index (χ2n) is 6.85. The molecule has 2 aromatic carbocycles. The average Bonchev–Trinajstić information content (AvgIpc) is 2.69. The summed E-state index contributed by atoms with van der Waals surface area (Å²) in [6.45, 7) is 2.45. The second kappa shape index (κ2) is 8.51. The highest BCUT2D eigenvalue weighted by Gasteiger charge is 2.35. The molecule has 0 saturated carbocycles. The summed E-state index contributed by atoms with van der Waals surface area (Å²) in [7, 11) is -2.42. The van der Waals surface area contributed by atoms with Crippen molar-refractivity contribution in [3.05, 3.63) is 53.1 Å². The fourth-order valence-corrected chi connectivity index (χ4v) is 5.19. The molecule has 0 aliphatic carbocycles. The fraction of sp³-hybridized carbons (Fsp3) is 0.350. The summed E-state index contributed by atoms with van der Waals surface area (Å²) in [6.07, 6.45) is 1.24. The van der Waals surface area contributed by atoms with E-state index in [1.54, 1.807) is 6.07 Å². The molecule has 0 unspecified atom stereocenters. The number of carbonyl (C=O) groups excluding carboxylic acids is 1. The van der Waals surface area contributed by atoms with Gasteiger partial charge in [0.05, 0.1) is 13.0 Å². The first-order chi connectivity index (χ1) is 13.3. The van der Waals surface area contributed by atoms with Crippen molar-refractivity contribution in [3.63, 3.8) is 0 Å². The quantitative estimate of drug-likeness (QED) is 0.797. The Balaban J connectivity index is 1.78. The van der Waals surface area contributed by atoms with Crippen molar-refractivity contribution in [1.82, 2.24) is 4.31 Å². The number of amides is 1. The molecule has 0 bridgehead atoms. The van der Waals surface area contributed by atoms with Crippen LogP contribution >= 0.6 is 11.6 Å². The van der Waals surface area contributed by atoms with E-state index in [9.17, 15) is 13.2 Å². The van der Waals surface area contributed by atoms with Gasteiger partial charge in [0.25, 0.3) is 0 Å². The number of rotatable bonds is 5. The topological polar surface area (TPSA) is 75.7 Å². The zero-order chi connectivity index (χ0) is 20.3. The summed E-state index contributed by atoms with van der Waals surface area (Å²) in [5, 5.41) is 3.19. The van der Waals surface area contributed by atoms with Crippen LogP contribution < -0.4 is 10.1 Å². The van der Waals surface area contributed by atoms with E-state index in [0.29, 0.717) is 30.1 Å². The van der Waals surface area contributed by atoms with Gasteiger partial charge >= 0.3 is 0 Å². The predicted molar refractivity (Wildman–Crippen MR) is 109 cm³/mol. The Morgan fingerprint density at radius 1 is 1.21 bits per heavy atom. The van der Waals surface area contributed by atoms with Gasteiger partial charge in [-0.3, -0.25) is 4.79 Å². The molecule has 2 aromatic rings. The first kappa shape index (κ1) is 20.6. The van der Waals surface area contributed by atoms with Crippen molar-refractivity contribution in [2.24, 2.45) is 5.92 Å². The second-order valence-corrected chi connectivity index (χ2v) is 9.20. The minimum Gasteiger partial charge on any atom is -0.495 e. The smallest absolute Gasteiger partial charge is 0.246 e. The van der Waals surface area contributed by atoms with Crippen molar-refractivity contribution >= 4 is 33.2 Å². The number of anilines is 1. The van der Waals surface area contributed by atoms with Crippen LogP contribution in [0.2, 0.25) is 5.02 Å². The Morgan fingerprint density at radius 3 is 2.61 bits per heavy atom. The van der Waals surface area contributed by atoms with E-state index < -0.39 is 15.9 Å². The summed E-state index contributed by atoms with van der Waals surface area (Å²) >= 11 is 6.00. The van der Waals surface area contributed by atoms with Gasteiger partial charge < -0.3 is 10.1 Å². The zero-order valence-electron chi connectivity index (χ0n) is 15.8. The maximum atomic E-state index is 13.1. The Bertz CT molecular complexity index is 961. The Kier molecular flexibility index (Phi) is 6.27. The summed E-state index contributed by atoms with van der Waals surface area (Å²) in [6, 6.07) is 12.0. The highest BCUT2D eigenvalue weighted by atomic mass is 35.5. The van der Waals surface area contributed by atoms with E-state index in [-0.39, 0.29) is 23.1 Å². The van der Waals surface area contributed by atoms with Crippen LogP contribution in [0.1, 0.15) is 18.4 Å². The van der Waals surface area contributed by atoms with Gasteiger partial charge in [-0.1, -0.05) is 29.3 Å². The number of nitrogens with zero attached hydrogens (tertiary/aromatic N) is 1. The van der Waals surface area contributed by atoms with Crippen LogP contribution in [0, 0.1) is 12.8 Å². The van der Waals surface area contributed by atoms with E-state index in [0.717, 1.165) is 5.56 Å². The molecule has 150 valence electrons. The maximum absolute atomic E-state index is 13.1. The van der Waals surface area contributed by atoms with Crippen LogP contribution in [-0.4, -0.2) is 38.8 Å². The minimum absolute atomic E-state index is 0.0158. The van der Waals surface area contributed by atoms with Crippen LogP contribution in [0.25, 0.3) is 0 Å². The third kappa shape index (κ3) is 4.48. The number of carbonyl (C=O) groups is 1. The molecular weight excluding hydrogens is 400 g/mol. The van der Waals surface area contributed by atoms with Gasteiger partial charge in [-0.25, -0.2) is 8.42 Å². The number of piperidine rings is 1. The normalized spacial score (nSPS) is 17.9. The summed E-state index contributed by atoms with van der Waals surface area (Å²) in [5.74, 6) is -0.368. The molecule has 1 atom stereocenters. The molecule has 3 rings (SSSR count). The molecule has 0 aromatic heterocycles. The van der Waals surface area contributed by atoms with Gasteiger partial charge in [-0.15, -0.1) is 0 Å². The summed E-state index contributed by atoms with van der Waals surface area (Å²) in [5.41, 5.74) is 1.80. The molecular formula is C20H23ClN2O4S. The van der Waals surface area contributed by atoms with E-state index in [2.05, 4.69) is 5.32 Å². The Morgan fingerprint density at radius 2 is 1.93 bits per heavy atom. The number of benzene rings is 2. The Labute approximate surface area is 170 Å². The van der Waals surface area contributed by atoms with Crippen molar-refractivity contribution in [1.29, 1.82) is 0 Å². The zero-order valence-corrected chi connectivity index (χ0v) is 17.4. The molecule has 1 saturated heterocycles.